The molecule has 9 heteroatoms. The van der Waals surface area contributed by atoms with Crippen molar-refractivity contribution in [1.82, 2.24) is 14.5 Å². The number of fused-ring (bicyclic) bond motifs is 1. The predicted molar refractivity (Wildman–Crippen MR) is 93.5 cm³/mol. The molecule has 1 aliphatic rings. The molecule has 0 spiro atoms. The van der Waals surface area contributed by atoms with Gasteiger partial charge in [0, 0.05) is 25.0 Å². The van der Waals surface area contributed by atoms with Gasteiger partial charge in [0.05, 0.1) is 16.5 Å². The summed E-state index contributed by atoms with van der Waals surface area (Å²) in [7, 11) is 1.40. The highest BCUT2D eigenvalue weighted by Gasteiger charge is 2.34. The number of aryl methyl sites for hydroxylation is 1. The number of esters is 1. The Bertz CT molecular complexity index is 1160. The summed E-state index contributed by atoms with van der Waals surface area (Å²) in [6.07, 6.45) is 4.04. The highest BCUT2D eigenvalue weighted by Crippen LogP contribution is 2.40. The van der Waals surface area contributed by atoms with Crippen LogP contribution in [-0.2, 0) is 11.8 Å². The fourth-order valence-electron chi connectivity index (χ4n) is 2.79. The molecule has 0 unspecified atom stereocenters. The second kappa shape index (κ2) is 6.38. The van der Waals surface area contributed by atoms with Crippen molar-refractivity contribution in [1.29, 1.82) is 0 Å². The third kappa shape index (κ3) is 2.86. The number of pyridine rings is 1. The van der Waals surface area contributed by atoms with Crippen molar-refractivity contribution in [3.05, 3.63) is 51.5 Å². The summed E-state index contributed by atoms with van der Waals surface area (Å²) in [5, 5.41) is -0.584. The smallest absolute Gasteiger partial charge is 0.314 e. The molecule has 2 heterocycles. The van der Waals surface area contributed by atoms with Gasteiger partial charge in [0.25, 0.3) is 5.56 Å². The average Bonchev–Trinajstić information content (AvgIpc) is 3.50. The van der Waals surface area contributed by atoms with Crippen molar-refractivity contribution in [3.8, 4) is 16.9 Å². The summed E-state index contributed by atoms with van der Waals surface area (Å²) >= 11 is 5.95. The van der Waals surface area contributed by atoms with Crippen LogP contribution >= 0.6 is 11.6 Å². The average molecular weight is 392 g/mol. The van der Waals surface area contributed by atoms with E-state index in [1.807, 2.05) is 0 Å². The lowest BCUT2D eigenvalue weighted by Gasteiger charge is -2.15. The molecule has 27 heavy (non-hydrogen) atoms. The van der Waals surface area contributed by atoms with Gasteiger partial charge in [-0.2, -0.15) is 0 Å². The summed E-state index contributed by atoms with van der Waals surface area (Å²) in [5.74, 6) is -2.96. The minimum Gasteiger partial charge on any atom is -0.423 e. The molecule has 1 aromatic carbocycles. The standard InChI is InChI=1S/C18H12ClF2N3O3/c1-24-16-14(22-6-7-23-16)15(27-18(26)8-2-3-8)12(17(24)25)11-9(20)4-5-10(21)13(11)19/h4-8H,2-3H2,1H3. The zero-order chi connectivity index (χ0) is 19.3. The van der Waals surface area contributed by atoms with Crippen molar-refractivity contribution in [3.63, 3.8) is 0 Å². The normalized spacial score (nSPS) is 13.8. The van der Waals surface area contributed by atoms with Crippen molar-refractivity contribution in [2.45, 2.75) is 12.8 Å². The maximum atomic E-state index is 14.5. The van der Waals surface area contributed by atoms with Gasteiger partial charge in [0.15, 0.2) is 11.4 Å². The lowest BCUT2D eigenvalue weighted by atomic mass is 10.0. The summed E-state index contributed by atoms with van der Waals surface area (Å²) < 4.78 is 35.1. The van der Waals surface area contributed by atoms with Gasteiger partial charge < -0.3 is 4.74 Å². The molecule has 2 aromatic heterocycles. The molecule has 0 atom stereocenters. The summed E-state index contributed by atoms with van der Waals surface area (Å²) in [5.41, 5.74) is -1.39. The van der Waals surface area contributed by atoms with Crippen molar-refractivity contribution in [2.24, 2.45) is 13.0 Å². The minimum atomic E-state index is -0.925. The Labute approximate surface area is 156 Å². The van der Waals surface area contributed by atoms with E-state index in [1.54, 1.807) is 0 Å². The van der Waals surface area contributed by atoms with Crippen LogP contribution in [0, 0.1) is 17.6 Å². The summed E-state index contributed by atoms with van der Waals surface area (Å²) in [4.78, 5) is 33.4. The van der Waals surface area contributed by atoms with E-state index in [9.17, 15) is 18.4 Å². The van der Waals surface area contributed by atoms with Crippen LogP contribution < -0.4 is 10.3 Å². The van der Waals surface area contributed by atoms with Crippen molar-refractivity contribution in [2.75, 3.05) is 0 Å². The van der Waals surface area contributed by atoms with Crippen LogP contribution in [0.1, 0.15) is 12.8 Å². The molecular formula is C18H12ClF2N3O3. The van der Waals surface area contributed by atoms with Gasteiger partial charge in [-0.1, -0.05) is 11.6 Å². The maximum absolute atomic E-state index is 14.5. The Balaban J connectivity index is 2.10. The first-order valence-corrected chi connectivity index (χ1v) is 8.47. The number of halogens is 3. The number of nitrogens with zero attached hydrogens (tertiary/aromatic N) is 3. The van der Waals surface area contributed by atoms with Gasteiger partial charge in [-0.15, -0.1) is 0 Å². The molecule has 3 aromatic rings. The van der Waals surface area contributed by atoms with E-state index in [0.717, 1.165) is 16.7 Å². The number of rotatable bonds is 3. The molecule has 1 aliphatic carbocycles. The van der Waals surface area contributed by atoms with Crippen molar-refractivity contribution >= 4 is 28.7 Å². The van der Waals surface area contributed by atoms with Gasteiger partial charge >= 0.3 is 5.97 Å². The molecular weight excluding hydrogens is 380 g/mol. The molecule has 138 valence electrons. The Morgan fingerprint density at radius 1 is 1.19 bits per heavy atom. The Morgan fingerprint density at radius 2 is 1.85 bits per heavy atom. The SMILES string of the molecule is Cn1c(=O)c(-c2c(F)ccc(F)c2Cl)c(OC(=O)C2CC2)c2nccnc21. The minimum absolute atomic E-state index is 0.0725. The molecule has 0 amide bonds. The monoisotopic (exact) mass is 391 g/mol. The summed E-state index contributed by atoms with van der Waals surface area (Å²) in [6, 6.07) is 1.70. The zero-order valence-electron chi connectivity index (χ0n) is 14.0. The highest BCUT2D eigenvalue weighted by atomic mass is 35.5. The number of ether oxygens (including phenoxy) is 1. The van der Waals surface area contributed by atoms with E-state index < -0.39 is 33.7 Å². The van der Waals surface area contributed by atoms with Gasteiger partial charge in [-0.25, -0.2) is 18.7 Å². The molecule has 0 N–H and O–H groups in total. The first-order valence-electron chi connectivity index (χ1n) is 8.09. The summed E-state index contributed by atoms with van der Waals surface area (Å²) in [6.45, 7) is 0. The van der Waals surface area contributed by atoms with Gasteiger partial charge in [0.2, 0.25) is 0 Å². The molecule has 1 fully saturated rings. The van der Waals surface area contributed by atoms with E-state index >= 15 is 0 Å². The van der Waals surface area contributed by atoms with Crippen LogP contribution in [0.15, 0.2) is 29.3 Å². The van der Waals surface area contributed by atoms with Crippen LogP contribution in [0.5, 0.6) is 5.75 Å². The fraction of sp³-hybridized carbons (Fsp3) is 0.222. The lowest BCUT2D eigenvalue weighted by Crippen LogP contribution is -2.24. The van der Waals surface area contributed by atoms with Crippen LogP contribution in [0.2, 0.25) is 5.02 Å². The van der Waals surface area contributed by atoms with Gasteiger partial charge in [-0.3, -0.25) is 14.2 Å². The van der Waals surface area contributed by atoms with Crippen LogP contribution in [0.25, 0.3) is 22.3 Å². The topological polar surface area (TPSA) is 74.1 Å². The van der Waals surface area contributed by atoms with Crippen LogP contribution in [-0.4, -0.2) is 20.5 Å². The van der Waals surface area contributed by atoms with Crippen LogP contribution in [0.4, 0.5) is 8.78 Å². The van der Waals surface area contributed by atoms with Crippen LogP contribution in [0.3, 0.4) is 0 Å². The number of carbonyl (C=O) groups excluding carboxylic acids is 1. The third-order valence-electron chi connectivity index (χ3n) is 4.36. The highest BCUT2D eigenvalue weighted by molar-refractivity contribution is 6.33. The second-order valence-corrected chi connectivity index (χ2v) is 6.59. The fourth-order valence-corrected chi connectivity index (χ4v) is 3.04. The van der Waals surface area contributed by atoms with E-state index in [4.69, 9.17) is 16.3 Å². The van der Waals surface area contributed by atoms with E-state index in [2.05, 4.69) is 9.97 Å². The first-order chi connectivity index (χ1) is 12.9. The second-order valence-electron chi connectivity index (χ2n) is 6.21. The van der Waals surface area contributed by atoms with Gasteiger partial charge in [-0.05, 0) is 25.0 Å². The Hall–Kier alpha value is -2.87. The first kappa shape index (κ1) is 17.5. The molecule has 0 bridgehead atoms. The van der Waals surface area contributed by atoms with E-state index in [0.29, 0.717) is 12.8 Å². The van der Waals surface area contributed by atoms with E-state index in [-0.39, 0.29) is 28.4 Å². The molecule has 4 rings (SSSR count). The zero-order valence-corrected chi connectivity index (χ0v) is 14.8. The molecule has 1 saturated carbocycles. The van der Waals surface area contributed by atoms with E-state index in [1.165, 1.54) is 19.4 Å². The molecule has 0 saturated heterocycles. The van der Waals surface area contributed by atoms with Crippen molar-refractivity contribution < 1.29 is 18.3 Å². The number of hydrogen-bond donors (Lipinski definition) is 0. The predicted octanol–water partition coefficient (Wildman–Crippen LogP) is 3.24. The maximum Gasteiger partial charge on any atom is 0.314 e. The largest absolute Gasteiger partial charge is 0.423 e. The number of benzene rings is 1. The number of hydrogen-bond acceptors (Lipinski definition) is 5. The molecule has 0 aliphatic heterocycles. The molecule has 6 nitrogen and oxygen atoms in total. The lowest BCUT2D eigenvalue weighted by molar-refractivity contribution is -0.135. The Kier molecular flexibility index (Phi) is 4.15. The quantitative estimate of drug-likeness (QED) is 0.506. The van der Waals surface area contributed by atoms with Gasteiger partial charge in [0.1, 0.15) is 17.2 Å². The number of carbonyl (C=O) groups is 1. The number of aromatic nitrogens is 3. The molecule has 0 radical (unpaired) electrons. The third-order valence-corrected chi connectivity index (χ3v) is 4.73. The Morgan fingerprint density at radius 3 is 2.56 bits per heavy atom.